The molecule has 1 aromatic rings. The van der Waals surface area contributed by atoms with E-state index in [-0.39, 0.29) is 5.91 Å². The summed E-state index contributed by atoms with van der Waals surface area (Å²) in [7, 11) is 0. The second-order valence-corrected chi connectivity index (χ2v) is 5.35. The quantitative estimate of drug-likeness (QED) is 0.720. The average molecular weight is 253 g/mol. The number of carbonyl (C=O) groups excluding carboxylic acids is 1. The molecule has 2 unspecified atom stereocenters. The number of carbonyl (C=O) groups is 1. The van der Waals surface area contributed by atoms with Crippen molar-refractivity contribution in [2.45, 2.75) is 33.2 Å². The van der Waals surface area contributed by atoms with Gasteiger partial charge in [0.05, 0.1) is 0 Å². The summed E-state index contributed by atoms with van der Waals surface area (Å²) < 4.78 is 0. The van der Waals surface area contributed by atoms with Crippen LogP contribution in [-0.4, -0.2) is 28.4 Å². The number of aromatic nitrogens is 1. The van der Waals surface area contributed by atoms with Crippen LogP contribution in [0.1, 0.15) is 36.3 Å². The summed E-state index contributed by atoms with van der Waals surface area (Å²) in [4.78, 5) is 18.3. The van der Waals surface area contributed by atoms with Crippen LogP contribution in [0.25, 0.3) is 0 Å². The third kappa shape index (κ3) is 2.60. The van der Waals surface area contributed by atoms with Gasteiger partial charge in [-0.25, -0.2) is 4.98 Å². The molecule has 2 heterocycles. The van der Waals surface area contributed by atoms with Crippen molar-refractivity contribution in [3.8, 4) is 0 Å². The van der Waals surface area contributed by atoms with Gasteiger partial charge in [0.1, 0.15) is 5.15 Å². The molecular formula is C13H17ClN2O. The highest BCUT2D eigenvalue weighted by Crippen LogP contribution is 2.24. The van der Waals surface area contributed by atoms with E-state index in [1.165, 1.54) is 0 Å². The van der Waals surface area contributed by atoms with Gasteiger partial charge in [0, 0.05) is 23.8 Å². The van der Waals surface area contributed by atoms with Gasteiger partial charge in [-0.15, -0.1) is 0 Å². The van der Waals surface area contributed by atoms with Gasteiger partial charge in [0.25, 0.3) is 5.91 Å². The molecule has 1 fully saturated rings. The zero-order valence-corrected chi connectivity index (χ0v) is 11.2. The van der Waals surface area contributed by atoms with Gasteiger partial charge in [-0.2, -0.15) is 0 Å². The van der Waals surface area contributed by atoms with Crippen molar-refractivity contribution in [1.82, 2.24) is 9.88 Å². The van der Waals surface area contributed by atoms with Gasteiger partial charge in [-0.3, -0.25) is 4.79 Å². The second kappa shape index (κ2) is 4.65. The first-order chi connectivity index (χ1) is 7.97. The summed E-state index contributed by atoms with van der Waals surface area (Å²) in [6, 6.07) is 3.75. The molecule has 0 bridgehead atoms. The molecule has 0 N–H and O–H groups in total. The van der Waals surface area contributed by atoms with E-state index in [9.17, 15) is 4.79 Å². The Morgan fingerprint density at radius 2 is 2.18 bits per heavy atom. The van der Waals surface area contributed by atoms with Crippen molar-refractivity contribution < 1.29 is 4.79 Å². The van der Waals surface area contributed by atoms with E-state index in [1.807, 2.05) is 11.8 Å². The molecule has 2 atom stereocenters. The van der Waals surface area contributed by atoms with Gasteiger partial charge >= 0.3 is 0 Å². The predicted octanol–water partition coefficient (Wildman–Crippen LogP) is 2.91. The summed E-state index contributed by atoms with van der Waals surface area (Å²) >= 11 is 5.88. The molecule has 2 rings (SSSR count). The first kappa shape index (κ1) is 12.4. The predicted molar refractivity (Wildman–Crippen MR) is 68.3 cm³/mol. The third-order valence-electron chi connectivity index (χ3n) is 3.21. The van der Waals surface area contributed by atoms with E-state index in [2.05, 4.69) is 18.8 Å². The van der Waals surface area contributed by atoms with Crippen LogP contribution in [0.2, 0.25) is 5.15 Å². The molecule has 1 aliphatic heterocycles. The van der Waals surface area contributed by atoms with E-state index in [0.717, 1.165) is 18.7 Å². The van der Waals surface area contributed by atoms with Crippen LogP contribution >= 0.6 is 11.6 Å². The smallest absolute Gasteiger partial charge is 0.254 e. The number of aryl methyl sites for hydroxylation is 1. The monoisotopic (exact) mass is 252 g/mol. The van der Waals surface area contributed by atoms with Crippen molar-refractivity contribution in [3.63, 3.8) is 0 Å². The fourth-order valence-electron chi connectivity index (χ4n) is 2.50. The van der Waals surface area contributed by atoms with Crippen molar-refractivity contribution in [2.75, 3.05) is 6.54 Å². The fourth-order valence-corrected chi connectivity index (χ4v) is 2.75. The number of hydrogen-bond donors (Lipinski definition) is 0. The van der Waals surface area contributed by atoms with Crippen molar-refractivity contribution >= 4 is 17.5 Å². The first-order valence-electron chi connectivity index (χ1n) is 5.92. The molecule has 0 aliphatic carbocycles. The summed E-state index contributed by atoms with van der Waals surface area (Å²) in [5.74, 6) is 0.640. The van der Waals surface area contributed by atoms with Crippen molar-refractivity contribution in [3.05, 3.63) is 28.5 Å². The Hall–Kier alpha value is -1.09. The van der Waals surface area contributed by atoms with E-state index in [0.29, 0.717) is 22.7 Å². The van der Waals surface area contributed by atoms with Crippen molar-refractivity contribution in [1.29, 1.82) is 0 Å². The summed E-state index contributed by atoms with van der Waals surface area (Å²) in [6.07, 6.45) is 1.07. The maximum absolute atomic E-state index is 12.3. The van der Waals surface area contributed by atoms with Gasteiger partial charge in [0.2, 0.25) is 0 Å². The molecule has 17 heavy (non-hydrogen) atoms. The van der Waals surface area contributed by atoms with E-state index in [4.69, 9.17) is 11.6 Å². The Bertz CT molecular complexity index is 427. The number of nitrogens with zero attached hydrogens (tertiary/aromatic N) is 2. The van der Waals surface area contributed by atoms with Crippen LogP contribution in [0, 0.1) is 12.8 Å². The third-order valence-corrected chi connectivity index (χ3v) is 3.41. The molecule has 0 saturated carbocycles. The maximum atomic E-state index is 12.3. The number of halogens is 1. The highest BCUT2D eigenvalue weighted by atomic mass is 35.5. The van der Waals surface area contributed by atoms with Gasteiger partial charge in [-0.05, 0) is 38.3 Å². The molecular weight excluding hydrogens is 236 g/mol. The topological polar surface area (TPSA) is 33.2 Å². The van der Waals surface area contributed by atoms with Crippen molar-refractivity contribution in [2.24, 2.45) is 5.92 Å². The standard InChI is InChI=1S/C13H17ClN2O/c1-8-4-10(3)16(7-8)13(17)11-5-9(2)15-12(14)6-11/h5-6,8,10H,4,7H2,1-3H3. The SMILES string of the molecule is Cc1cc(C(=O)N2CC(C)CC2C)cc(Cl)n1. The molecule has 1 aliphatic rings. The molecule has 4 heteroatoms. The molecule has 3 nitrogen and oxygen atoms in total. The fraction of sp³-hybridized carbons (Fsp3) is 0.538. The highest BCUT2D eigenvalue weighted by molar-refractivity contribution is 6.29. The Labute approximate surface area is 107 Å². The summed E-state index contributed by atoms with van der Waals surface area (Å²) in [6.45, 7) is 6.95. The lowest BCUT2D eigenvalue weighted by Gasteiger charge is -2.21. The number of amides is 1. The Morgan fingerprint density at radius 3 is 2.71 bits per heavy atom. The number of hydrogen-bond acceptors (Lipinski definition) is 2. The molecule has 1 aromatic heterocycles. The normalized spacial score (nSPS) is 24.1. The lowest BCUT2D eigenvalue weighted by atomic mass is 10.1. The van der Waals surface area contributed by atoms with E-state index < -0.39 is 0 Å². The lowest BCUT2D eigenvalue weighted by Crippen LogP contribution is -2.34. The van der Waals surface area contributed by atoms with Crippen LogP contribution in [0.15, 0.2) is 12.1 Å². The average Bonchev–Trinajstić information content (AvgIpc) is 2.55. The van der Waals surface area contributed by atoms with Gasteiger partial charge < -0.3 is 4.90 Å². The Kier molecular flexibility index (Phi) is 3.38. The zero-order chi connectivity index (χ0) is 12.6. The number of pyridine rings is 1. The Balaban J connectivity index is 2.25. The van der Waals surface area contributed by atoms with E-state index >= 15 is 0 Å². The van der Waals surface area contributed by atoms with Gasteiger partial charge in [0.15, 0.2) is 0 Å². The number of likely N-dealkylation sites (tertiary alicyclic amines) is 1. The van der Waals surface area contributed by atoms with Gasteiger partial charge in [-0.1, -0.05) is 18.5 Å². The van der Waals surface area contributed by atoms with Crippen LogP contribution in [0.5, 0.6) is 0 Å². The van der Waals surface area contributed by atoms with Crippen LogP contribution < -0.4 is 0 Å². The minimum atomic E-state index is 0.0641. The number of rotatable bonds is 1. The second-order valence-electron chi connectivity index (χ2n) is 4.97. The molecule has 0 radical (unpaired) electrons. The van der Waals surface area contributed by atoms with E-state index in [1.54, 1.807) is 12.1 Å². The molecule has 1 amide bonds. The minimum absolute atomic E-state index is 0.0641. The summed E-state index contributed by atoms with van der Waals surface area (Å²) in [5, 5.41) is 0.383. The van der Waals surface area contributed by atoms with Crippen LogP contribution in [0.3, 0.4) is 0 Å². The highest BCUT2D eigenvalue weighted by Gasteiger charge is 2.30. The molecule has 92 valence electrons. The molecule has 1 saturated heterocycles. The molecule has 0 spiro atoms. The van der Waals surface area contributed by atoms with Crippen LogP contribution in [-0.2, 0) is 0 Å². The zero-order valence-electron chi connectivity index (χ0n) is 10.4. The maximum Gasteiger partial charge on any atom is 0.254 e. The Morgan fingerprint density at radius 1 is 1.47 bits per heavy atom. The van der Waals surface area contributed by atoms with Crippen LogP contribution in [0.4, 0.5) is 0 Å². The minimum Gasteiger partial charge on any atom is -0.336 e. The largest absolute Gasteiger partial charge is 0.336 e. The lowest BCUT2D eigenvalue weighted by molar-refractivity contribution is 0.0743. The first-order valence-corrected chi connectivity index (χ1v) is 6.30. The molecule has 0 aromatic carbocycles. The summed E-state index contributed by atoms with van der Waals surface area (Å²) in [5.41, 5.74) is 1.42.